The first-order valence-electron chi connectivity index (χ1n) is 5.96. The van der Waals surface area contributed by atoms with Gasteiger partial charge in [0.05, 0.1) is 0 Å². The number of hydrogen-bond donors (Lipinski definition) is 3. The van der Waals surface area contributed by atoms with E-state index in [0.29, 0.717) is 18.9 Å². The van der Waals surface area contributed by atoms with Crippen molar-refractivity contribution < 1.29 is 9.90 Å². The van der Waals surface area contributed by atoms with Gasteiger partial charge in [-0.15, -0.1) is 0 Å². The van der Waals surface area contributed by atoms with E-state index in [1.54, 1.807) is 0 Å². The minimum atomic E-state index is -0.751. The van der Waals surface area contributed by atoms with Crippen LogP contribution in [0.1, 0.15) is 29.9 Å². The Balaban J connectivity index is 2.02. The molecule has 1 aliphatic heterocycles. The van der Waals surface area contributed by atoms with Gasteiger partial charge in [0.1, 0.15) is 6.04 Å². The van der Waals surface area contributed by atoms with Crippen LogP contribution < -0.4 is 11.1 Å². The Morgan fingerprint density at radius 3 is 2.88 bits per heavy atom. The van der Waals surface area contributed by atoms with E-state index in [4.69, 9.17) is 10.8 Å². The molecule has 1 aromatic carbocycles. The van der Waals surface area contributed by atoms with Gasteiger partial charge in [-0.2, -0.15) is 0 Å². The monoisotopic (exact) mass is 234 g/mol. The largest absolute Gasteiger partial charge is 0.480 e. The normalized spacial score (nSPS) is 24.5. The van der Waals surface area contributed by atoms with Crippen molar-refractivity contribution >= 4 is 5.97 Å². The van der Waals surface area contributed by atoms with Crippen LogP contribution in [0.3, 0.4) is 0 Å². The van der Waals surface area contributed by atoms with Crippen molar-refractivity contribution in [2.24, 2.45) is 5.73 Å². The van der Waals surface area contributed by atoms with Gasteiger partial charge in [-0.25, -0.2) is 0 Å². The highest BCUT2D eigenvalue weighted by Crippen LogP contribution is 2.25. The Morgan fingerprint density at radius 1 is 1.47 bits per heavy atom. The van der Waals surface area contributed by atoms with Crippen molar-refractivity contribution in [3.63, 3.8) is 0 Å². The third-order valence-corrected chi connectivity index (χ3v) is 3.37. The zero-order valence-electron chi connectivity index (χ0n) is 9.73. The lowest BCUT2D eigenvalue weighted by molar-refractivity contribution is -0.140. The molecule has 0 spiro atoms. The first kappa shape index (κ1) is 12.1. The smallest absolute Gasteiger partial charge is 0.320 e. The van der Waals surface area contributed by atoms with Gasteiger partial charge in [-0.1, -0.05) is 24.3 Å². The van der Waals surface area contributed by atoms with Gasteiger partial charge in [-0.3, -0.25) is 4.79 Å². The molecule has 92 valence electrons. The summed E-state index contributed by atoms with van der Waals surface area (Å²) < 4.78 is 0. The summed E-state index contributed by atoms with van der Waals surface area (Å²) in [7, 11) is 0. The lowest BCUT2D eigenvalue weighted by Gasteiger charge is -2.28. The molecule has 1 aromatic rings. The van der Waals surface area contributed by atoms with Crippen LogP contribution in [0.15, 0.2) is 24.3 Å². The molecule has 4 nitrogen and oxygen atoms in total. The van der Waals surface area contributed by atoms with E-state index in [1.165, 1.54) is 5.56 Å². The predicted molar refractivity (Wildman–Crippen MR) is 65.7 cm³/mol. The summed E-state index contributed by atoms with van der Waals surface area (Å²) in [5, 5.41) is 12.0. The average Bonchev–Trinajstić information content (AvgIpc) is 2.39. The van der Waals surface area contributed by atoms with Crippen molar-refractivity contribution in [1.29, 1.82) is 0 Å². The fourth-order valence-electron chi connectivity index (χ4n) is 2.33. The lowest BCUT2D eigenvalue weighted by atomic mass is 9.88. The van der Waals surface area contributed by atoms with E-state index in [-0.39, 0.29) is 6.04 Å². The lowest BCUT2D eigenvalue weighted by Crippen LogP contribution is -2.43. The molecule has 1 fully saturated rings. The van der Waals surface area contributed by atoms with Gasteiger partial charge in [0.2, 0.25) is 0 Å². The second-order valence-electron chi connectivity index (χ2n) is 4.52. The molecule has 0 aromatic heterocycles. The first-order valence-corrected chi connectivity index (χ1v) is 5.96. The van der Waals surface area contributed by atoms with Crippen LogP contribution >= 0.6 is 0 Å². The number of aliphatic carboxylic acids is 1. The summed E-state index contributed by atoms with van der Waals surface area (Å²) in [5.74, 6) is -0.351. The maximum atomic E-state index is 10.8. The number of carboxylic acid groups (broad SMARTS) is 1. The first-order chi connectivity index (χ1) is 8.20. The highest BCUT2D eigenvalue weighted by atomic mass is 16.4. The molecule has 1 aliphatic rings. The summed E-state index contributed by atoms with van der Waals surface area (Å²) in [5.41, 5.74) is 8.00. The summed E-state index contributed by atoms with van der Waals surface area (Å²) in [4.78, 5) is 10.8. The van der Waals surface area contributed by atoms with E-state index < -0.39 is 5.97 Å². The van der Waals surface area contributed by atoms with E-state index >= 15 is 0 Å². The van der Waals surface area contributed by atoms with Crippen LogP contribution in [-0.4, -0.2) is 23.7 Å². The van der Waals surface area contributed by atoms with Crippen molar-refractivity contribution in [3.05, 3.63) is 35.4 Å². The molecule has 0 saturated carbocycles. The molecule has 2 unspecified atom stereocenters. The maximum absolute atomic E-state index is 10.8. The number of nitrogens with two attached hydrogens (primary N) is 1. The molecular formula is C13H18N2O2. The topological polar surface area (TPSA) is 75.4 Å². The van der Waals surface area contributed by atoms with Gasteiger partial charge in [0.25, 0.3) is 0 Å². The van der Waals surface area contributed by atoms with Gasteiger partial charge in [-0.05, 0) is 29.9 Å². The number of rotatable bonds is 3. The van der Waals surface area contributed by atoms with Crippen molar-refractivity contribution in [2.45, 2.75) is 31.3 Å². The van der Waals surface area contributed by atoms with E-state index in [1.807, 2.05) is 12.1 Å². The molecular weight excluding hydrogens is 216 g/mol. The Labute approximate surface area is 101 Å². The predicted octanol–water partition coefficient (Wildman–Crippen LogP) is 1.07. The SMILES string of the molecule is NCc1cccc(C2CCC(C(=O)O)NC2)c1. The van der Waals surface area contributed by atoms with Gasteiger partial charge in [0.15, 0.2) is 0 Å². The highest BCUT2D eigenvalue weighted by Gasteiger charge is 2.25. The third kappa shape index (κ3) is 2.84. The van der Waals surface area contributed by atoms with Crippen LogP contribution in [-0.2, 0) is 11.3 Å². The second kappa shape index (κ2) is 5.29. The minimum Gasteiger partial charge on any atom is -0.480 e. The summed E-state index contributed by atoms with van der Waals surface area (Å²) in [6, 6.07) is 7.85. The zero-order chi connectivity index (χ0) is 12.3. The maximum Gasteiger partial charge on any atom is 0.320 e. The second-order valence-corrected chi connectivity index (χ2v) is 4.52. The van der Waals surface area contributed by atoms with Crippen LogP contribution in [0, 0.1) is 0 Å². The highest BCUT2D eigenvalue weighted by molar-refractivity contribution is 5.73. The summed E-state index contributed by atoms with van der Waals surface area (Å²) in [6.07, 6.45) is 1.60. The number of carbonyl (C=O) groups is 1. The quantitative estimate of drug-likeness (QED) is 0.731. The Kier molecular flexibility index (Phi) is 3.76. The number of hydrogen-bond acceptors (Lipinski definition) is 3. The Bertz CT molecular complexity index is 398. The molecule has 2 atom stereocenters. The molecule has 0 radical (unpaired) electrons. The Hall–Kier alpha value is -1.39. The van der Waals surface area contributed by atoms with Gasteiger partial charge < -0.3 is 16.2 Å². The molecule has 0 bridgehead atoms. The molecule has 4 N–H and O–H groups in total. The molecule has 2 rings (SSSR count). The molecule has 1 saturated heterocycles. The summed E-state index contributed by atoms with van der Waals surface area (Å²) >= 11 is 0. The van der Waals surface area contributed by atoms with Gasteiger partial charge >= 0.3 is 5.97 Å². The van der Waals surface area contributed by atoms with E-state index in [2.05, 4.69) is 17.4 Å². The molecule has 4 heteroatoms. The molecule has 0 aliphatic carbocycles. The average molecular weight is 234 g/mol. The van der Waals surface area contributed by atoms with Gasteiger partial charge in [0, 0.05) is 13.1 Å². The van der Waals surface area contributed by atoms with E-state index in [9.17, 15) is 4.79 Å². The zero-order valence-corrected chi connectivity index (χ0v) is 9.73. The number of benzene rings is 1. The van der Waals surface area contributed by atoms with Crippen molar-refractivity contribution in [2.75, 3.05) is 6.54 Å². The fraction of sp³-hybridized carbons (Fsp3) is 0.462. The van der Waals surface area contributed by atoms with Crippen LogP contribution in [0.25, 0.3) is 0 Å². The number of carboxylic acids is 1. The Morgan fingerprint density at radius 2 is 2.29 bits per heavy atom. The third-order valence-electron chi connectivity index (χ3n) is 3.37. The standard InChI is InChI=1S/C13H18N2O2/c14-7-9-2-1-3-10(6-9)11-4-5-12(13(16)17)15-8-11/h1-3,6,11-12,15H,4-5,7-8,14H2,(H,16,17). The number of nitrogens with one attached hydrogen (secondary N) is 1. The minimum absolute atomic E-state index is 0.385. The molecule has 1 heterocycles. The fourth-order valence-corrected chi connectivity index (χ4v) is 2.33. The van der Waals surface area contributed by atoms with Crippen LogP contribution in [0.4, 0.5) is 0 Å². The molecule has 17 heavy (non-hydrogen) atoms. The molecule has 0 amide bonds. The van der Waals surface area contributed by atoms with Crippen molar-refractivity contribution in [3.8, 4) is 0 Å². The van der Waals surface area contributed by atoms with Crippen molar-refractivity contribution in [1.82, 2.24) is 5.32 Å². The summed E-state index contributed by atoms with van der Waals surface area (Å²) in [6.45, 7) is 1.27. The van der Waals surface area contributed by atoms with Crippen LogP contribution in [0.2, 0.25) is 0 Å². The van der Waals surface area contributed by atoms with Crippen LogP contribution in [0.5, 0.6) is 0 Å². The number of piperidine rings is 1. The van der Waals surface area contributed by atoms with E-state index in [0.717, 1.165) is 18.5 Å².